The SMILES string of the molecule is CCOC(=O)N1CCC(NC(=O)Nc2ccc(S(=O)(=O)N(C)C(C)C)cc2)CC1. The molecule has 1 saturated heterocycles. The van der Waals surface area contributed by atoms with Crippen LogP contribution < -0.4 is 10.6 Å². The number of nitrogens with zero attached hydrogens (tertiary/aromatic N) is 2. The van der Waals surface area contributed by atoms with Gasteiger partial charge in [-0.3, -0.25) is 0 Å². The van der Waals surface area contributed by atoms with Gasteiger partial charge in [0.1, 0.15) is 0 Å². The Morgan fingerprint density at radius 1 is 1.21 bits per heavy atom. The van der Waals surface area contributed by atoms with E-state index in [-0.39, 0.29) is 29.1 Å². The maximum atomic E-state index is 12.5. The Balaban J connectivity index is 1.87. The van der Waals surface area contributed by atoms with Gasteiger partial charge in [0.25, 0.3) is 0 Å². The third-order valence-electron chi connectivity index (χ3n) is 4.87. The molecule has 2 rings (SSSR count). The molecule has 29 heavy (non-hydrogen) atoms. The van der Waals surface area contributed by atoms with Crippen LogP contribution >= 0.6 is 0 Å². The second-order valence-electron chi connectivity index (χ2n) is 7.20. The zero-order valence-corrected chi connectivity index (χ0v) is 18.2. The third-order valence-corrected chi connectivity index (χ3v) is 6.92. The summed E-state index contributed by atoms with van der Waals surface area (Å²) in [7, 11) is -2.03. The second-order valence-corrected chi connectivity index (χ2v) is 9.20. The van der Waals surface area contributed by atoms with Crippen LogP contribution in [0.25, 0.3) is 0 Å². The summed E-state index contributed by atoms with van der Waals surface area (Å²) in [5.74, 6) is 0. The Kier molecular flexibility index (Phi) is 7.86. The summed E-state index contributed by atoms with van der Waals surface area (Å²) in [6.45, 7) is 6.76. The lowest BCUT2D eigenvalue weighted by Gasteiger charge is -2.31. The van der Waals surface area contributed by atoms with Crippen LogP contribution in [0.15, 0.2) is 29.2 Å². The Morgan fingerprint density at radius 3 is 2.31 bits per heavy atom. The molecule has 1 aliphatic heterocycles. The molecule has 9 nitrogen and oxygen atoms in total. The van der Waals surface area contributed by atoms with Gasteiger partial charge in [-0.1, -0.05) is 0 Å². The Bertz CT molecular complexity index is 802. The number of amides is 3. The molecule has 1 heterocycles. The Labute approximate surface area is 172 Å². The minimum atomic E-state index is -3.56. The zero-order valence-electron chi connectivity index (χ0n) is 17.3. The molecule has 2 N–H and O–H groups in total. The molecule has 1 aromatic carbocycles. The van der Waals surface area contributed by atoms with Crippen molar-refractivity contribution < 1.29 is 22.7 Å². The van der Waals surface area contributed by atoms with Crippen molar-refractivity contribution in [3.8, 4) is 0 Å². The lowest BCUT2D eigenvalue weighted by Crippen LogP contribution is -2.47. The van der Waals surface area contributed by atoms with E-state index in [2.05, 4.69) is 10.6 Å². The van der Waals surface area contributed by atoms with Gasteiger partial charge in [0.05, 0.1) is 11.5 Å². The highest BCUT2D eigenvalue weighted by atomic mass is 32.2. The maximum Gasteiger partial charge on any atom is 0.409 e. The van der Waals surface area contributed by atoms with Crippen molar-refractivity contribution in [2.24, 2.45) is 0 Å². The first-order valence-electron chi connectivity index (χ1n) is 9.72. The van der Waals surface area contributed by atoms with E-state index in [4.69, 9.17) is 4.74 Å². The molecule has 0 atom stereocenters. The number of benzene rings is 1. The summed E-state index contributed by atoms with van der Waals surface area (Å²) < 4.78 is 31.2. The van der Waals surface area contributed by atoms with Gasteiger partial charge < -0.3 is 20.3 Å². The number of rotatable bonds is 6. The fourth-order valence-corrected chi connectivity index (χ4v) is 4.30. The Hall–Kier alpha value is -2.33. The molecule has 0 radical (unpaired) electrons. The van der Waals surface area contributed by atoms with E-state index in [1.54, 1.807) is 37.8 Å². The normalized spacial score (nSPS) is 15.4. The summed E-state index contributed by atoms with van der Waals surface area (Å²) in [6, 6.07) is 5.51. The fourth-order valence-electron chi connectivity index (χ4n) is 2.93. The van der Waals surface area contributed by atoms with Crippen molar-refractivity contribution >= 4 is 27.8 Å². The minimum Gasteiger partial charge on any atom is -0.450 e. The molecule has 1 aliphatic rings. The van der Waals surface area contributed by atoms with Gasteiger partial charge in [-0.05, 0) is 57.9 Å². The number of hydrogen-bond donors (Lipinski definition) is 2. The van der Waals surface area contributed by atoms with Crippen LogP contribution in [-0.2, 0) is 14.8 Å². The van der Waals surface area contributed by atoms with Crippen molar-refractivity contribution in [2.75, 3.05) is 32.1 Å². The van der Waals surface area contributed by atoms with Gasteiger partial charge in [-0.25, -0.2) is 18.0 Å². The zero-order chi connectivity index (χ0) is 21.6. The van der Waals surface area contributed by atoms with Crippen LogP contribution in [0.5, 0.6) is 0 Å². The lowest BCUT2D eigenvalue weighted by molar-refractivity contribution is 0.0959. The molecule has 3 amide bonds. The molecule has 0 bridgehead atoms. The molecule has 10 heteroatoms. The minimum absolute atomic E-state index is 0.0416. The third kappa shape index (κ3) is 6.07. The molecule has 0 unspecified atom stereocenters. The van der Waals surface area contributed by atoms with Crippen LogP contribution in [0.2, 0.25) is 0 Å². The van der Waals surface area contributed by atoms with E-state index < -0.39 is 10.0 Å². The van der Waals surface area contributed by atoms with Crippen molar-refractivity contribution in [1.29, 1.82) is 0 Å². The Morgan fingerprint density at radius 2 is 1.79 bits per heavy atom. The first-order chi connectivity index (χ1) is 13.6. The maximum absolute atomic E-state index is 12.5. The summed E-state index contributed by atoms with van der Waals surface area (Å²) in [6.07, 6.45) is 0.962. The van der Waals surface area contributed by atoms with E-state index >= 15 is 0 Å². The van der Waals surface area contributed by atoms with Gasteiger partial charge in [-0.2, -0.15) is 4.31 Å². The average molecular weight is 427 g/mol. The summed E-state index contributed by atoms with van der Waals surface area (Å²) in [5, 5.41) is 5.59. The molecule has 162 valence electrons. The largest absolute Gasteiger partial charge is 0.450 e. The van der Waals surface area contributed by atoms with Crippen molar-refractivity contribution in [2.45, 2.75) is 50.6 Å². The smallest absolute Gasteiger partial charge is 0.409 e. The molecule has 0 spiro atoms. The predicted molar refractivity (Wildman–Crippen MR) is 110 cm³/mol. The van der Waals surface area contributed by atoms with E-state index in [1.165, 1.54) is 23.5 Å². The number of carbonyl (C=O) groups is 2. The van der Waals surface area contributed by atoms with E-state index in [0.717, 1.165) is 0 Å². The van der Waals surface area contributed by atoms with E-state index in [0.29, 0.717) is 38.2 Å². The van der Waals surface area contributed by atoms with Crippen molar-refractivity contribution in [1.82, 2.24) is 14.5 Å². The molecule has 1 aromatic rings. The first kappa shape index (κ1) is 23.0. The number of likely N-dealkylation sites (tertiary alicyclic amines) is 1. The molecule has 0 saturated carbocycles. The van der Waals surface area contributed by atoms with Crippen molar-refractivity contribution in [3.63, 3.8) is 0 Å². The molecule has 1 fully saturated rings. The van der Waals surface area contributed by atoms with Crippen molar-refractivity contribution in [3.05, 3.63) is 24.3 Å². The second kappa shape index (κ2) is 9.93. The summed E-state index contributed by atoms with van der Waals surface area (Å²) >= 11 is 0. The number of hydrogen-bond acceptors (Lipinski definition) is 5. The molecule has 0 aliphatic carbocycles. The number of piperidine rings is 1. The number of ether oxygens (including phenoxy) is 1. The standard InChI is InChI=1S/C19H30N4O5S/c1-5-28-19(25)23-12-10-16(11-13-23)21-18(24)20-15-6-8-17(9-7-15)29(26,27)22(4)14(2)3/h6-9,14,16H,5,10-13H2,1-4H3,(H2,20,21,24). The van der Waals surface area contributed by atoms with Gasteiger partial charge in [0.2, 0.25) is 10.0 Å². The molecular formula is C19H30N4O5S. The summed E-state index contributed by atoms with van der Waals surface area (Å²) in [4.78, 5) is 25.7. The number of carbonyl (C=O) groups excluding carboxylic acids is 2. The van der Waals surface area contributed by atoms with Crippen LogP contribution in [0.1, 0.15) is 33.6 Å². The van der Waals surface area contributed by atoms with Crippen LogP contribution in [0, 0.1) is 0 Å². The predicted octanol–water partition coefficient (Wildman–Crippen LogP) is 2.46. The number of sulfonamides is 1. The van der Waals surface area contributed by atoms with Gasteiger partial charge >= 0.3 is 12.1 Å². The number of nitrogens with one attached hydrogen (secondary N) is 2. The molecule has 0 aromatic heterocycles. The summed E-state index contributed by atoms with van der Waals surface area (Å²) in [5.41, 5.74) is 0.498. The molecular weight excluding hydrogens is 396 g/mol. The van der Waals surface area contributed by atoms with Gasteiger partial charge in [0, 0.05) is 37.9 Å². The average Bonchev–Trinajstić information content (AvgIpc) is 2.68. The van der Waals surface area contributed by atoms with Crippen LogP contribution in [0.3, 0.4) is 0 Å². The fraction of sp³-hybridized carbons (Fsp3) is 0.579. The first-order valence-corrected chi connectivity index (χ1v) is 11.2. The van der Waals surface area contributed by atoms with Gasteiger partial charge in [0.15, 0.2) is 0 Å². The highest BCUT2D eigenvalue weighted by Crippen LogP contribution is 2.19. The van der Waals surface area contributed by atoms with E-state index in [1.807, 2.05) is 0 Å². The highest BCUT2D eigenvalue weighted by Gasteiger charge is 2.25. The lowest BCUT2D eigenvalue weighted by atomic mass is 10.1. The van der Waals surface area contributed by atoms with Crippen LogP contribution in [-0.4, -0.2) is 68.6 Å². The number of anilines is 1. The highest BCUT2D eigenvalue weighted by molar-refractivity contribution is 7.89. The monoisotopic (exact) mass is 426 g/mol. The van der Waals surface area contributed by atoms with Crippen LogP contribution in [0.4, 0.5) is 15.3 Å². The quantitative estimate of drug-likeness (QED) is 0.726. The topological polar surface area (TPSA) is 108 Å². The van der Waals surface area contributed by atoms with E-state index in [9.17, 15) is 18.0 Å². The van der Waals surface area contributed by atoms with Gasteiger partial charge in [-0.15, -0.1) is 0 Å². The number of urea groups is 1.